The molecule has 8 rings (SSSR count). The number of hydrogen-bond acceptors (Lipinski definition) is 1. The second-order valence-electron chi connectivity index (χ2n) is 11.6. The molecule has 43 heavy (non-hydrogen) atoms. The molecule has 6 aromatic rings. The van der Waals surface area contributed by atoms with Crippen LogP contribution in [0.3, 0.4) is 0 Å². The van der Waals surface area contributed by atoms with Crippen LogP contribution in [0.25, 0.3) is 60.5 Å². The van der Waals surface area contributed by atoms with Crippen molar-refractivity contribution in [3.63, 3.8) is 0 Å². The number of allylic oxidation sites excluding steroid dienone is 8. The van der Waals surface area contributed by atoms with Crippen molar-refractivity contribution in [2.24, 2.45) is 0 Å². The fraction of sp³-hybridized carbons (Fsp3) is 0.0952. The minimum atomic E-state index is 0.953. The Morgan fingerprint density at radius 1 is 0.698 bits per heavy atom. The van der Waals surface area contributed by atoms with E-state index in [-0.39, 0.29) is 0 Å². The molecule has 0 radical (unpaired) electrons. The van der Waals surface area contributed by atoms with Gasteiger partial charge in [-0.1, -0.05) is 122 Å². The highest BCUT2D eigenvalue weighted by Crippen LogP contribution is 2.43. The van der Waals surface area contributed by atoms with Gasteiger partial charge in [0.25, 0.3) is 0 Å². The molecule has 1 heteroatoms. The SMILES string of the molecule is C=C/C=C\C(=C)C1=CC=C(c2c3ccccc3c(C3=c4oc5cc6ccccc6cc5c4=CCC3)c3ccccc23)CC1. The minimum Gasteiger partial charge on any atom is -0.456 e. The quantitative estimate of drug-likeness (QED) is 0.153. The van der Waals surface area contributed by atoms with Gasteiger partial charge in [0.1, 0.15) is 11.0 Å². The van der Waals surface area contributed by atoms with Crippen LogP contribution in [0, 0.1) is 0 Å². The average molecular weight is 553 g/mol. The molecule has 0 fully saturated rings. The van der Waals surface area contributed by atoms with Gasteiger partial charge in [0.15, 0.2) is 0 Å². The first-order valence-corrected chi connectivity index (χ1v) is 15.2. The summed E-state index contributed by atoms with van der Waals surface area (Å²) in [6, 6.07) is 31.0. The lowest BCUT2D eigenvalue weighted by molar-refractivity contribution is 0.569. The second-order valence-corrected chi connectivity index (χ2v) is 11.6. The largest absolute Gasteiger partial charge is 0.456 e. The van der Waals surface area contributed by atoms with Gasteiger partial charge in [-0.15, -0.1) is 0 Å². The van der Waals surface area contributed by atoms with Gasteiger partial charge in [-0.2, -0.15) is 0 Å². The third-order valence-electron chi connectivity index (χ3n) is 9.16. The van der Waals surface area contributed by atoms with E-state index in [0.29, 0.717) is 0 Å². The first kappa shape index (κ1) is 25.6. The van der Waals surface area contributed by atoms with Crippen LogP contribution in [0.2, 0.25) is 0 Å². The fourth-order valence-electron chi connectivity index (χ4n) is 7.15. The van der Waals surface area contributed by atoms with Crippen molar-refractivity contribution < 1.29 is 4.42 Å². The first-order valence-electron chi connectivity index (χ1n) is 15.2. The van der Waals surface area contributed by atoms with Crippen LogP contribution in [0.1, 0.15) is 36.8 Å². The van der Waals surface area contributed by atoms with Crippen molar-refractivity contribution in [1.82, 2.24) is 0 Å². The zero-order valence-corrected chi connectivity index (χ0v) is 24.2. The maximum Gasteiger partial charge on any atom is 0.138 e. The first-order chi connectivity index (χ1) is 21.2. The van der Waals surface area contributed by atoms with Crippen LogP contribution in [-0.4, -0.2) is 0 Å². The van der Waals surface area contributed by atoms with Crippen LogP contribution >= 0.6 is 0 Å². The molecule has 0 saturated carbocycles. The molecule has 5 aromatic carbocycles. The van der Waals surface area contributed by atoms with Gasteiger partial charge in [-0.3, -0.25) is 0 Å². The van der Waals surface area contributed by atoms with Crippen molar-refractivity contribution in [3.05, 3.63) is 161 Å². The summed E-state index contributed by atoms with van der Waals surface area (Å²) < 4.78 is 6.76. The predicted molar refractivity (Wildman–Crippen MR) is 184 cm³/mol. The topological polar surface area (TPSA) is 13.1 Å². The summed E-state index contributed by atoms with van der Waals surface area (Å²) in [6.07, 6.45) is 16.6. The molecule has 0 N–H and O–H groups in total. The molecule has 0 aliphatic heterocycles. The maximum absolute atomic E-state index is 6.76. The number of fused-ring (bicyclic) bond motifs is 6. The highest BCUT2D eigenvalue weighted by Gasteiger charge is 2.22. The van der Waals surface area contributed by atoms with Gasteiger partial charge in [0, 0.05) is 16.2 Å². The van der Waals surface area contributed by atoms with Crippen LogP contribution in [-0.2, 0) is 0 Å². The van der Waals surface area contributed by atoms with Gasteiger partial charge in [-0.05, 0) is 98.0 Å². The minimum absolute atomic E-state index is 0.953. The molecule has 2 aliphatic carbocycles. The Labute approximate surface area is 251 Å². The standard InChI is InChI=1S/C42H32O/c1-3-4-12-27(2)28-21-23-29(24-22-28)40-32-15-7-9-17-34(32)41(35-18-10-8-16-33(35)40)37-20-11-19-36-38-25-30-13-5-6-14-31(30)26-39(38)43-42(36)37/h3-10,12-19,21,23,25-26H,1-2,11,20,22,24H2/b12-4-. The van der Waals surface area contributed by atoms with Gasteiger partial charge in [0.05, 0.1) is 0 Å². The molecule has 0 amide bonds. The Hall–Kier alpha value is -5.14. The second kappa shape index (κ2) is 10.3. The Balaban J connectivity index is 1.41. The van der Waals surface area contributed by atoms with Crippen molar-refractivity contribution >= 4 is 60.5 Å². The van der Waals surface area contributed by atoms with Gasteiger partial charge < -0.3 is 4.42 Å². The van der Waals surface area contributed by atoms with E-state index in [1.54, 1.807) is 6.08 Å². The smallest absolute Gasteiger partial charge is 0.138 e. The molecule has 206 valence electrons. The Bertz CT molecular complexity index is 2310. The molecule has 1 nitrogen and oxygen atoms in total. The van der Waals surface area contributed by atoms with Crippen LogP contribution in [0.4, 0.5) is 0 Å². The third kappa shape index (κ3) is 4.15. The van der Waals surface area contributed by atoms with Gasteiger partial charge in [0.2, 0.25) is 0 Å². The van der Waals surface area contributed by atoms with Gasteiger partial charge >= 0.3 is 0 Å². The highest BCUT2D eigenvalue weighted by molar-refractivity contribution is 6.16. The predicted octanol–water partition coefficient (Wildman–Crippen LogP) is 10.1. The Morgan fingerprint density at radius 2 is 1.35 bits per heavy atom. The molecule has 1 heterocycles. The number of furan rings is 1. The van der Waals surface area contributed by atoms with E-state index in [4.69, 9.17) is 4.42 Å². The maximum atomic E-state index is 6.76. The summed E-state index contributed by atoms with van der Waals surface area (Å²) in [7, 11) is 0. The Morgan fingerprint density at radius 3 is 2.00 bits per heavy atom. The van der Waals surface area contributed by atoms with Gasteiger partial charge in [-0.25, -0.2) is 0 Å². The Kier molecular flexibility index (Phi) is 6.12. The van der Waals surface area contributed by atoms with E-state index < -0.39 is 0 Å². The number of hydrogen-bond donors (Lipinski definition) is 0. The van der Waals surface area contributed by atoms with Crippen LogP contribution < -0.4 is 10.6 Å². The van der Waals surface area contributed by atoms with Crippen molar-refractivity contribution in [2.45, 2.75) is 25.7 Å². The lowest BCUT2D eigenvalue weighted by Gasteiger charge is -2.22. The van der Waals surface area contributed by atoms with E-state index in [0.717, 1.165) is 42.3 Å². The van der Waals surface area contributed by atoms with Crippen LogP contribution in [0.5, 0.6) is 0 Å². The molecule has 0 saturated heterocycles. The average Bonchev–Trinajstić information content (AvgIpc) is 3.43. The van der Waals surface area contributed by atoms with Crippen molar-refractivity contribution in [3.8, 4) is 0 Å². The summed E-state index contributed by atoms with van der Waals surface area (Å²) >= 11 is 0. The van der Waals surface area contributed by atoms with Crippen molar-refractivity contribution in [1.29, 1.82) is 0 Å². The van der Waals surface area contributed by atoms with Crippen LogP contribution in [0.15, 0.2) is 144 Å². The molecule has 2 aliphatic rings. The summed E-state index contributed by atoms with van der Waals surface area (Å²) in [6.45, 7) is 8.07. The summed E-state index contributed by atoms with van der Waals surface area (Å²) in [5, 5.41) is 10.1. The lowest BCUT2D eigenvalue weighted by atomic mass is 9.81. The summed E-state index contributed by atoms with van der Waals surface area (Å²) in [4.78, 5) is 0. The monoisotopic (exact) mass is 552 g/mol. The highest BCUT2D eigenvalue weighted by atomic mass is 16.3. The van der Waals surface area contributed by atoms with E-state index in [2.05, 4.69) is 116 Å². The molecule has 0 bridgehead atoms. The van der Waals surface area contributed by atoms with E-state index in [1.165, 1.54) is 70.8 Å². The number of rotatable bonds is 5. The zero-order chi connectivity index (χ0) is 28.9. The molecule has 0 unspecified atom stereocenters. The van der Waals surface area contributed by atoms with E-state index in [9.17, 15) is 0 Å². The van der Waals surface area contributed by atoms with E-state index >= 15 is 0 Å². The van der Waals surface area contributed by atoms with Crippen molar-refractivity contribution in [2.75, 3.05) is 0 Å². The third-order valence-corrected chi connectivity index (χ3v) is 9.16. The molecule has 0 atom stereocenters. The molecular formula is C42H32O. The normalized spacial score (nSPS) is 15.1. The zero-order valence-electron chi connectivity index (χ0n) is 24.2. The van der Waals surface area contributed by atoms with E-state index in [1.807, 2.05) is 12.2 Å². The summed E-state index contributed by atoms with van der Waals surface area (Å²) in [5.41, 5.74) is 9.66. The summed E-state index contributed by atoms with van der Waals surface area (Å²) in [5.74, 6) is 0. The molecule has 0 spiro atoms. The molecular weight excluding hydrogens is 520 g/mol. The molecule has 1 aromatic heterocycles. The number of benzene rings is 5. The fourth-order valence-corrected chi connectivity index (χ4v) is 7.15. The lowest BCUT2D eigenvalue weighted by Crippen LogP contribution is -2.26.